The molecule has 5 nitrogen and oxygen atoms in total. The van der Waals surface area contributed by atoms with Gasteiger partial charge < -0.3 is 19.9 Å². The normalized spacial score (nSPS) is 12.7. The minimum absolute atomic E-state index is 0.0554. The van der Waals surface area contributed by atoms with Crippen LogP contribution >= 0.6 is 0 Å². The van der Waals surface area contributed by atoms with Crippen molar-refractivity contribution in [2.24, 2.45) is 4.99 Å². The molecule has 2 aromatic rings. The van der Waals surface area contributed by atoms with Crippen LogP contribution in [0.2, 0.25) is 0 Å². The smallest absolute Gasteiger partial charge is 0.191 e. The average Bonchev–Trinajstić information content (AvgIpc) is 3.04. The largest absolute Gasteiger partial charge is 0.489 e. The summed E-state index contributed by atoms with van der Waals surface area (Å²) in [6, 6.07) is 12.1. The van der Waals surface area contributed by atoms with E-state index in [0.717, 1.165) is 24.8 Å². The summed E-state index contributed by atoms with van der Waals surface area (Å²) < 4.78 is 8.03. The van der Waals surface area contributed by atoms with E-state index >= 15 is 0 Å². The number of aryl methyl sites for hydroxylation is 1. The molecule has 0 saturated heterocycles. The Labute approximate surface area is 138 Å². The molecule has 0 radical (unpaired) electrons. The highest BCUT2D eigenvalue weighted by atomic mass is 16.5. The average molecular weight is 314 g/mol. The standard InChI is InChI=1S/C18H26N4O/c1-15-7-6-8-17(13-15)23-16(2)14-21-18(19-3)20-9-12-22-10-4-5-11-22/h4-8,10-11,13,16H,9,12,14H2,1-3H3,(H2,19,20,21). The van der Waals surface area contributed by atoms with Crippen LogP contribution < -0.4 is 15.4 Å². The monoisotopic (exact) mass is 314 g/mol. The maximum Gasteiger partial charge on any atom is 0.191 e. The number of ether oxygens (including phenoxy) is 1. The zero-order chi connectivity index (χ0) is 16.5. The van der Waals surface area contributed by atoms with Crippen LogP contribution in [0.25, 0.3) is 0 Å². The van der Waals surface area contributed by atoms with Crippen LogP contribution in [-0.4, -0.2) is 36.8 Å². The number of hydrogen-bond acceptors (Lipinski definition) is 2. The maximum absolute atomic E-state index is 5.90. The van der Waals surface area contributed by atoms with E-state index in [2.05, 4.69) is 45.6 Å². The van der Waals surface area contributed by atoms with Crippen molar-refractivity contribution >= 4 is 5.96 Å². The van der Waals surface area contributed by atoms with Crippen LogP contribution in [0.1, 0.15) is 12.5 Å². The lowest BCUT2D eigenvalue weighted by Crippen LogP contribution is -2.42. The van der Waals surface area contributed by atoms with E-state index in [1.807, 2.05) is 37.3 Å². The van der Waals surface area contributed by atoms with E-state index in [4.69, 9.17) is 4.74 Å². The summed E-state index contributed by atoms with van der Waals surface area (Å²) in [5.74, 6) is 1.69. The molecule has 1 aromatic carbocycles. The quantitative estimate of drug-likeness (QED) is 0.609. The zero-order valence-corrected chi connectivity index (χ0v) is 14.1. The second-order valence-electron chi connectivity index (χ2n) is 5.55. The third kappa shape index (κ3) is 6.06. The Morgan fingerprint density at radius 2 is 2.00 bits per heavy atom. The highest BCUT2D eigenvalue weighted by Gasteiger charge is 2.05. The van der Waals surface area contributed by atoms with Crippen molar-refractivity contribution in [2.45, 2.75) is 26.5 Å². The Bertz CT molecular complexity index is 607. The second-order valence-corrected chi connectivity index (χ2v) is 5.55. The van der Waals surface area contributed by atoms with Gasteiger partial charge >= 0.3 is 0 Å². The van der Waals surface area contributed by atoms with Gasteiger partial charge in [-0.1, -0.05) is 12.1 Å². The molecule has 1 atom stereocenters. The number of aliphatic imine (C=N–C) groups is 1. The van der Waals surface area contributed by atoms with Gasteiger partial charge in [0, 0.05) is 32.5 Å². The number of nitrogens with zero attached hydrogens (tertiary/aromatic N) is 2. The molecule has 0 spiro atoms. The highest BCUT2D eigenvalue weighted by Crippen LogP contribution is 2.13. The van der Waals surface area contributed by atoms with Crippen molar-refractivity contribution in [3.05, 3.63) is 54.4 Å². The molecule has 124 valence electrons. The maximum atomic E-state index is 5.90. The van der Waals surface area contributed by atoms with Gasteiger partial charge in [0.2, 0.25) is 0 Å². The summed E-state index contributed by atoms with van der Waals surface area (Å²) in [7, 11) is 1.77. The summed E-state index contributed by atoms with van der Waals surface area (Å²) in [6.07, 6.45) is 4.16. The third-order valence-electron chi connectivity index (χ3n) is 3.44. The number of nitrogens with one attached hydrogen (secondary N) is 2. The first-order valence-corrected chi connectivity index (χ1v) is 7.96. The van der Waals surface area contributed by atoms with Gasteiger partial charge in [0.25, 0.3) is 0 Å². The number of guanidine groups is 1. The molecule has 5 heteroatoms. The van der Waals surface area contributed by atoms with Gasteiger partial charge in [-0.05, 0) is 43.7 Å². The van der Waals surface area contributed by atoms with Crippen LogP contribution in [0.3, 0.4) is 0 Å². The zero-order valence-electron chi connectivity index (χ0n) is 14.1. The van der Waals surface area contributed by atoms with Gasteiger partial charge in [0.05, 0.1) is 6.54 Å². The highest BCUT2D eigenvalue weighted by molar-refractivity contribution is 5.79. The first-order chi connectivity index (χ1) is 11.2. The Morgan fingerprint density at radius 1 is 1.22 bits per heavy atom. The van der Waals surface area contributed by atoms with Crippen LogP contribution in [0, 0.1) is 6.92 Å². The van der Waals surface area contributed by atoms with Gasteiger partial charge in [-0.2, -0.15) is 0 Å². The second kappa shape index (κ2) is 8.88. The molecule has 0 amide bonds. The van der Waals surface area contributed by atoms with Crippen LogP contribution in [0.5, 0.6) is 5.75 Å². The third-order valence-corrected chi connectivity index (χ3v) is 3.44. The topological polar surface area (TPSA) is 50.6 Å². The van der Waals surface area contributed by atoms with E-state index < -0.39 is 0 Å². The lowest BCUT2D eigenvalue weighted by Gasteiger charge is -2.18. The molecule has 0 aliphatic carbocycles. The minimum atomic E-state index is 0.0554. The molecule has 2 rings (SSSR count). The van der Waals surface area contributed by atoms with Gasteiger partial charge in [-0.3, -0.25) is 4.99 Å². The van der Waals surface area contributed by atoms with Crippen molar-refractivity contribution in [3.8, 4) is 5.75 Å². The van der Waals surface area contributed by atoms with Crippen molar-refractivity contribution < 1.29 is 4.74 Å². The van der Waals surface area contributed by atoms with Crippen molar-refractivity contribution in [1.29, 1.82) is 0 Å². The fourth-order valence-electron chi connectivity index (χ4n) is 2.25. The van der Waals surface area contributed by atoms with Crippen LogP contribution in [0.4, 0.5) is 0 Å². The Hall–Kier alpha value is -2.43. The van der Waals surface area contributed by atoms with E-state index in [1.165, 1.54) is 5.56 Å². The van der Waals surface area contributed by atoms with Crippen molar-refractivity contribution in [3.63, 3.8) is 0 Å². The molecular weight excluding hydrogens is 288 g/mol. The number of hydrogen-bond donors (Lipinski definition) is 2. The van der Waals surface area contributed by atoms with Crippen LogP contribution in [0.15, 0.2) is 53.8 Å². The molecule has 0 saturated carbocycles. The number of rotatable bonds is 7. The predicted octanol–water partition coefficient (Wildman–Crippen LogP) is 2.43. The molecule has 1 aromatic heterocycles. The first-order valence-electron chi connectivity index (χ1n) is 7.96. The molecule has 0 bridgehead atoms. The van der Waals surface area contributed by atoms with Crippen molar-refractivity contribution in [1.82, 2.24) is 15.2 Å². The molecular formula is C18H26N4O. The molecule has 0 aliphatic rings. The molecule has 2 N–H and O–H groups in total. The van der Waals surface area contributed by atoms with E-state index in [9.17, 15) is 0 Å². The minimum Gasteiger partial charge on any atom is -0.489 e. The summed E-state index contributed by atoms with van der Waals surface area (Å²) in [5.41, 5.74) is 1.20. The Balaban J connectivity index is 1.70. The summed E-state index contributed by atoms with van der Waals surface area (Å²) in [4.78, 5) is 4.23. The Kier molecular flexibility index (Phi) is 6.54. The summed E-state index contributed by atoms with van der Waals surface area (Å²) in [5, 5.41) is 6.59. The molecule has 0 fully saturated rings. The fraction of sp³-hybridized carbons (Fsp3) is 0.389. The number of benzene rings is 1. The molecule has 1 unspecified atom stereocenters. The van der Waals surface area contributed by atoms with Gasteiger partial charge in [-0.15, -0.1) is 0 Å². The van der Waals surface area contributed by atoms with Gasteiger partial charge in [0.15, 0.2) is 5.96 Å². The van der Waals surface area contributed by atoms with Crippen LogP contribution in [-0.2, 0) is 6.54 Å². The van der Waals surface area contributed by atoms with E-state index in [1.54, 1.807) is 7.05 Å². The Morgan fingerprint density at radius 3 is 2.70 bits per heavy atom. The van der Waals surface area contributed by atoms with E-state index in [0.29, 0.717) is 6.54 Å². The summed E-state index contributed by atoms with van der Waals surface area (Å²) >= 11 is 0. The lowest BCUT2D eigenvalue weighted by atomic mass is 10.2. The first kappa shape index (κ1) is 16.9. The molecule has 23 heavy (non-hydrogen) atoms. The SMILES string of the molecule is CN=C(NCCn1cccc1)NCC(C)Oc1cccc(C)c1. The van der Waals surface area contributed by atoms with Gasteiger partial charge in [-0.25, -0.2) is 0 Å². The fourth-order valence-corrected chi connectivity index (χ4v) is 2.25. The number of aromatic nitrogens is 1. The predicted molar refractivity (Wildman–Crippen MR) is 95.1 cm³/mol. The van der Waals surface area contributed by atoms with Gasteiger partial charge in [0.1, 0.15) is 11.9 Å². The van der Waals surface area contributed by atoms with Crippen molar-refractivity contribution in [2.75, 3.05) is 20.1 Å². The molecule has 0 aliphatic heterocycles. The summed E-state index contributed by atoms with van der Waals surface area (Å²) in [6.45, 7) is 6.52. The lowest BCUT2D eigenvalue weighted by molar-refractivity contribution is 0.223. The van der Waals surface area contributed by atoms with E-state index in [-0.39, 0.29) is 6.10 Å². The molecule has 1 heterocycles.